The molecule has 3 amide bonds. The van der Waals surface area contributed by atoms with E-state index in [1.54, 1.807) is 4.90 Å². The van der Waals surface area contributed by atoms with E-state index in [0.29, 0.717) is 31.5 Å². The molecule has 0 saturated carbocycles. The summed E-state index contributed by atoms with van der Waals surface area (Å²) >= 11 is 0. The molecule has 0 unspecified atom stereocenters. The first-order chi connectivity index (χ1) is 23.5. The van der Waals surface area contributed by atoms with Crippen LogP contribution in [0.1, 0.15) is 59.8 Å². The van der Waals surface area contributed by atoms with E-state index in [1.165, 1.54) is 0 Å². The Kier molecular flexibility index (Phi) is 9.01. The number of aromatic amines is 1. The highest BCUT2D eigenvalue weighted by Crippen LogP contribution is 2.32. The number of imidazole rings is 1. The number of nitrogens with one attached hydrogen (secondary N) is 2. The number of likely N-dealkylation sites (tertiary alicyclic amines) is 2. The van der Waals surface area contributed by atoms with Gasteiger partial charge in [-0.1, -0.05) is 72.5 Å². The van der Waals surface area contributed by atoms with Crippen LogP contribution >= 0.6 is 0 Å². The van der Waals surface area contributed by atoms with Crippen molar-refractivity contribution in [1.82, 2.24) is 19.8 Å². The molecule has 2 atom stereocenters. The molecule has 1 aromatic heterocycles. The Balaban J connectivity index is 0.973. The van der Waals surface area contributed by atoms with Crippen LogP contribution < -0.4 is 5.32 Å². The molecule has 5 aromatic rings. The van der Waals surface area contributed by atoms with E-state index < -0.39 is 6.04 Å². The number of benzene rings is 4. The van der Waals surface area contributed by atoms with Crippen molar-refractivity contribution in [1.29, 1.82) is 0 Å². The monoisotopic (exact) mass is 635 g/mol. The maximum absolute atomic E-state index is 13.1. The minimum absolute atomic E-state index is 0.0246. The Morgan fingerprint density at radius 2 is 1.33 bits per heavy atom. The third-order valence-corrected chi connectivity index (χ3v) is 9.16. The number of carbonyl (C=O) groups is 3. The lowest BCUT2D eigenvalue weighted by molar-refractivity contribution is -0.136. The molecule has 2 fully saturated rings. The van der Waals surface area contributed by atoms with Crippen molar-refractivity contribution in [3.05, 3.63) is 131 Å². The number of fused-ring (bicyclic) bond motifs is 1. The molecular weight excluding hydrogens is 598 g/mol. The summed E-state index contributed by atoms with van der Waals surface area (Å²) in [4.78, 5) is 51.2. The molecule has 0 aliphatic carbocycles. The van der Waals surface area contributed by atoms with Crippen LogP contribution in [0.5, 0.6) is 0 Å². The summed E-state index contributed by atoms with van der Waals surface area (Å²) in [5.74, 6) is 7.19. The highest BCUT2D eigenvalue weighted by molar-refractivity contribution is 5.97. The van der Waals surface area contributed by atoms with E-state index in [0.717, 1.165) is 64.9 Å². The van der Waals surface area contributed by atoms with E-state index in [4.69, 9.17) is 4.98 Å². The van der Waals surface area contributed by atoms with Gasteiger partial charge in [0.25, 0.3) is 0 Å². The highest BCUT2D eigenvalue weighted by Gasteiger charge is 2.34. The van der Waals surface area contributed by atoms with E-state index in [1.807, 2.05) is 108 Å². The Hall–Kier alpha value is -5.68. The van der Waals surface area contributed by atoms with Crippen molar-refractivity contribution in [2.45, 2.75) is 50.6 Å². The molecule has 2 saturated heterocycles. The number of nitrogens with zero attached hydrogens (tertiary/aromatic N) is 3. The molecule has 0 spiro atoms. The van der Waals surface area contributed by atoms with Gasteiger partial charge in [-0.15, -0.1) is 0 Å². The molecule has 8 nitrogen and oxygen atoms in total. The summed E-state index contributed by atoms with van der Waals surface area (Å²) in [5, 5.41) is 2.98. The number of carbonyl (C=O) groups excluding carboxylic acids is 3. The topological polar surface area (TPSA) is 98.4 Å². The van der Waals surface area contributed by atoms with Gasteiger partial charge in [0.05, 0.1) is 29.9 Å². The van der Waals surface area contributed by atoms with E-state index >= 15 is 0 Å². The van der Waals surface area contributed by atoms with Crippen molar-refractivity contribution < 1.29 is 14.4 Å². The summed E-state index contributed by atoms with van der Waals surface area (Å²) in [5.41, 5.74) is 6.03. The van der Waals surface area contributed by atoms with E-state index in [2.05, 4.69) is 22.1 Å². The highest BCUT2D eigenvalue weighted by atomic mass is 16.2. The molecule has 3 heterocycles. The second-order valence-corrected chi connectivity index (χ2v) is 12.5. The van der Waals surface area contributed by atoms with Crippen LogP contribution in [-0.4, -0.2) is 56.6 Å². The van der Waals surface area contributed by atoms with Crippen LogP contribution in [0.15, 0.2) is 103 Å². The largest absolute Gasteiger partial charge is 0.340 e. The van der Waals surface area contributed by atoms with Gasteiger partial charge >= 0.3 is 0 Å². The molecule has 8 heteroatoms. The third-order valence-electron chi connectivity index (χ3n) is 9.16. The Morgan fingerprint density at radius 3 is 2.04 bits per heavy atom. The zero-order valence-corrected chi connectivity index (χ0v) is 26.7. The average molecular weight is 636 g/mol. The molecule has 7 rings (SSSR count). The summed E-state index contributed by atoms with van der Waals surface area (Å²) in [6.07, 6.45) is 3.99. The summed E-state index contributed by atoms with van der Waals surface area (Å²) in [6.45, 7) is 1.33. The van der Waals surface area contributed by atoms with Crippen molar-refractivity contribution in [2.24, 2.45) is 0 Å². The molecule has 2 aliphatic rings. The lowest BCUT2D eigenvalue weighted by atomic mass is 10.1. The second kappa shape index (κ2) is 14.0. The first kappa shape index (κ1) is 30.9. The van der Waals surface area contributed by atoms with Gasteiger partial charge in [0, 0.05) is 29.9 Å². The minimum atomic E-state index is -0.467. The van der Waals surface area contributed by atoms with Gasteiger partial charge in [-0.25, -0.2) is 4.98 Å². The van der Waals surface area contributed by atoms with Gasteiger partial charge in [-0.3, -0.25) is 14.4 Å². The molecule has 2 aliphatic heterocycles. The normalized spacial score (nSPS) is 17.2. The zero-order valence-electron chi connectivity index (χ0n) is 26.7. The lowest BCUT2D eigenvalue weighted by Gasteiger charge is -2.24. The lowest BCUT2D eigenvalue weighted by Crippen LogP contribution is -2.43. The maximum Gasteiger partial charge on any atom is 0.247 e. The van der Waals surface area contributed by atoms with Gasteiger partial charge in [-0.2, -0.15) is 0 Å². The number of anilines is 1. The molecule has 4 aromatic carbocycles. The first-order valence-corrected chi connectivity index (χ1v) is 16.6. The van der Waals surface area contributed by atoms with Crippen LogP contribution in [0.4, 0.5) is 5.69 Å². The number of rotatable bonds is 7. The number of hydrogen-bond acceptors (Lipinski definition) is 4. The summed E-state index contributed by atoms with van der Waals surface area (Å²) in [6, 6.07) is 32.3. The molecule has 48 heavy (non-hydrogen) atoms. The fourth-order valence-corrected chi connectivity index (χ4v) is 6.70. The van der Waals surface area contributed by atoms with Crippen LogP contribution in [0.2, 0.25) is 0 Å². The number of hydrogen-bond donors (Lipinski definition) is 2. The SMILES string of the molecule is O=C(Nc1ccc(C#Cc2ccc3nc([C@@H]4CCCN4C(=O)Cc4ccccc4)[nH]c3c2)cc1)[C@@H]1CCCN1C(=O)Cc1ccccc1. The van der Waals surface area contributed by atoms with Gasteiger partial charge in [0.2, 0.25) is 17.7 Å². The van der Waals surface area contributed by atoms with Gasteiger partial charge in [0.1, 0.15) is 11.9 Å². The molecule has 240 valence electrons. The van der Waals surface area contributed by atoms with Crippen LogP contribution in [-0.2, 0) is 27.2 Å². The maximum atomic E-state index is 13.1. The zero-order chi connectivity index (χ0) is 32.9. The molecular formula is C40H37N5O3. The van der Waals surface area contributed by atoms with Gasteiger partial charge in [-0.05, 0) is 79.3 Å². The van der Waals surface area contributed by atoms with E-state index in [-0.39, 0.29) is 23.8 Å². The first-order valence-electron chi connectivity index (χ1n) is 16.6. The minimum Gasteiger partial charge on any atom is -0.340 e. The fourth-order valence-electron chi connectivity index (χ4n) is 6.70. The van der Waals surface area contributed by atoms with Crippen molar-refractivity contribution in [3.63, 3.8) is 0 Å². The molecule has 0 bridgehead atoms. The summed E-state index contributed by atoms with van der Waals surface area (Å²) < 4.78 is 0. The number of amides is 3. The van der Waals surface area contributed by atoms with Crippen LogP contribution in [0.25, 0.3) is 11.0 Å². The van der Waals surface area contributed by atoms with Crippen molar-refractivity contribution in [2.75, 3.05) is 18.4 Å². The second-order valence-electron chi connectivity index (χ2n) is 12.5. The van der Waals surface area contributed by atoms with Gasteiger partial charge < -0.3 is 20.1 Å². The Bertz CT molecular complexity index is 1990. The quantitative estimate of drug-likeness (QED) is 0.213. The third kappa shape index (κ3) is 7.01. The molecule has 2 N–H and O–H groups in total. The number of H-pyrrole nitrogens is 1. The Morgan fingerprint density at radius 1 is 0.729 bits per heavy atom. The predicted octanol–water partition coefficient (Wildman–Crippen LogP) is 6.04. The van der Waals surface area contributed by atoms with Crippen LogP contribution in [0, 0.1) is 11.8 Å². The van der Waals surface area contributed by atoms with Crippen LogP contribution in [0.3, 0.4) is 0 Å². The number of aromatic nitrogens is 2. The standard InChI is InChI=1S/C40H37N5O3/c46-37(26-29-9-3-1-4-10-29)44-23-7-13-35(44)39-42-33-22-19-31(25-34(33)43-39)16-15-28-17-20-32(21-18-28)41-40(48)36-14-8-24-45(36)38(47)27-30-11-5-2-6-12-30/h1-6,9-12,17-22,25,35-36H,7-8,13-14,23-24,26-27H2,(H,41,48)(H,42,43)/t35-,36-/m0/s1. The van der Waals surface area contributed by atoms with Crippen molar-refractivity contribution in [3.8, 4) is 11.8 Å². The Labute approximate surface area is 280 Å². The van der Waals surface area contributed by atoms with Crippen molar-refractivity contribution >= 4 is 34.4 Å². The predicted molar refractivity (Wildman–Crippen MR) is 186 cm³/mol. The van der Waals surface area contributed by atoms with E-state index in [9.17, 15) is 14.4 Å². The summed E-state index contributed by atoms with van der Waals surface area (Å²) in [7, 11) is 0. The average Bonchev–Trinajstić information content (AvgIpc) is 3.89. The van der Waals surface area contributed by atoms with Gasteiger partial charge in [0.15, 0.2) is 0 Å². The fraction of sp³-hybridized carbons (Fsp3) is 0.250. The molecule has 0 radical (unpaired) electrons. The smallest absolute Gasteiger partial charge is 0.247 e.